The van der Waals surface area contributed by atoms with Gasteiger partial charge < -0.3 is 19.9 Å². The fourth-order valence-electron chi connectivity index (χ4n) is 9.07. The molecule has 4 fully saturated rings. The molecule has 8 heteroatoms. The van der Waals surface area contributed by atoms with Crippen LogP contribution in [0.4, 0.5) is 0 Å². The molecule has 1 aromatic carbocycles. The number of hydrogen-bond acceptors (Lipinski definition) is 6. The zero-order chi connectivity index (χ0) is 27.0. The van der Waals surface area contributed by atoms with Crippen molar-refractivity contribution in [2.75, 3.05) is 5.75 Å². The van der Waals surface area contributed by atoms with E-state index < -0.39 is 13.1 Å². The summed E-state index contributed by atoms with van der Waals surface area (Å²) in [4.78, 5) is 23.9. The van der Waals surface area contributed by atoms with Crippen LogP contribution in [0.15, 0.2) is 35.7 Å². The summed E-state index contributed by atoms with van der Waals surface area (Å²) in [5, 5.41) is 29.0. The standard InChI is InChI=1S/C20H30O2.C9H9BO4S/c1-6-17(4)9-10-18(5)13(3)20-11-19(16(18)20,8-7-14(20)21)12(2)15(17)22;11-9(12)5-15-7-2-1-6-4-14-10(13)8(6)3-7/h6,12-13,15-16,22H,1,7-11H2,2-5H3;1-3,13H,4-5H2,(H,11,12)/t12-,13-,15?,16?,17+,18+,19?,20?;/m0./s1. The summed E-state index contributed by atoms with van der Waals surface area (Å²) in [6.07, 6.45) is 6.51. The van der Waals surface area contributed by atoms with Gasteiger partial charge in [0, 0.05) is 22.1 Å². The largest absolute Gasteiger partial charge is 0.491 e. The molecular formula is C29H39BO6S. The van der Waals surface area contributed by atoms with Crippen LogP contribution in [0.3, 0.4) is 0 Å². The predicted octanol–water partition coefficient (Wildman–Crippen LogP) is 4.06. The first kappa shape index (κ1) is 27.0. The number of Topliss-reactive ketones (excluding diaryl/α,β-unsaturated/α-hetero) is 1. The minimum absolute atomic E-state index is 0.0236. The number of thioether (sulfide) groups is 1. The number of fused-ring (bicyclic) bond motifs is 1. The summed E-state index contributed by atoms with van der Waals surface area (Å²) in [7, 11) is -0.870. The average Bonchev–Trinajstić information content (AvgIpc) is 3.24. The number of aliphatic carboxylic acids is 1. The molecule has 1 aromatic rings. The van der Waals surface area contributed by atoms with Crippen LogP contribution < -0.4 is 5.46 Å². The third-order valence-corrected chi connectivity index (χ3v) is 12.3. The Morgan fingerprint density at radius 3 is 2.68 bits per heavy atom. The highest BCUT2D eigenvalue weighted by atomic mass is 32.2. The lowest BCUT2D eigenvalue weighted by Crippen LogP contribution is -2.83. The predicted molar refractivity (Wildman–Crippen MR) is 144 cm³/mol. The number of hydrogen-bond donors (Lipinski definition) is 3. The quantitative estimate of drug-likeness (QED) is 0.309. The van der Waals surface area contributed by atoms with E-state index in [1.807, 2.05) is 18.2 Å². The minimum atomic E-state index is -0.870. The maximum atomic E-state index is 12.7. The molecule has 0 spiro atoms. The van der Waals surface area contributed by atoms with E-state index in [1.165, 1.54) is 11.8 Å². The Hall–Kier alpha value is -1.61. The van der Waals surface area contributed by atoms with E-state index in [0.29, 0.717) is 24.2 Å². The third-order valence-electron chi connectivity index (χ3n) is 11.3. The minimum Gasteiger partial charge on any atom is -0.481 e. The lowest BCUT2D eigenvalue weighted by Gasteiger charge is -2.85. The van der Waals surface area contributed by atoms with Gasteiger partial charge in [0.05, 0.1) is 18.5 Å². The number of rotatable bonds is 4. The Kier molecular flexibility index (Phi) is 6.54. The van der Waals surface area contributed by atoms with Crippen molar-refractivity contribution >= 4 is 36.1 Å². The molecule has 5 aliphatic rings. The number of carboxylic acids is 1. The first-order valence-electron chi connectivity index (χ1n) is 13.5. The Labute approximate surface area is 224 Å². The molecule has 3 N–H and O–H groups in total. The highest BCUT2D eigenvalue weighted by Gasteiger charge is 2.85. The Balaban J connectivity index is 0.000000164. The molecule has 4 saturated carbocycles. The molecule has 200 valence electrons. The third kappa shape index (κ3) is 3.65. The number of aliphatic hydroxyl groups excluding tert-OH is 1. The molecule has 0 aromatic heterocycles. The number of carbonyl (C=O) groups is 2. The average molecular weight is 527 g/mol. The van der Waals surface area contributed by atoms with Gasteiger partial charge in [-0.2, -0.15) is 0 Å². The molecule has 1 aliphatic heterocycles. The number of ketones is 1. The highest BCUT2D eigenvalue weighted by Crippen LogP contribution is 2.87. The van der Waals surface area contributed by atoms with Crippen molar-refractivity contribution in [3.8, 4) is 0 Å². The first-order valence-corrected chi connectivity index (χ1v) is 14.5. The molecule has 37 heavy (non-hydrogen) atoms. The van der Waals surface area contributed by atoms with E-state index in [9.17, 15) is 19.7 Å². The summed E-state index contributed by atoms with van der Waals surface area (Å²) >= 11 is 1.23. The van der Waals surface area contributed by atoms with Gasteiger partial charge in [0.2, 0.25) is 0 Å². The van der Waals surface area contributed by atoms with E-state index in [2.05, 4.69) is 34.3 Å². The maximum Gasteiger partial charge on any atom is 0.491 e. The highest BCUT2D eigenvalue weighted by molar-refractivity contribution is 8.00. The second-order valence-corrected chi connectivity index (χ2v) is 13.7. The lowest BCUT2D eigenvalue weighted by atomic mass is 9.18. The molecule has 0 amide bonds. The van der Waals surface area contributed by atoms with Crippen molar-refractivity contribution in [1.29, 1.82) is 0 Å². The fraction of sp³-hybridized carbons (Fsp3) is 0.655. The van der Waals surface area contributed by atoms with Gasteiger partial charge >= 0.3 is 13.1 Å². The number of carboxylic acid groups (broad SMARTS) is 1. The Bertz CT molecular complexity index is 1140. The zero-order valence-electron chi connectivity index (χ0n) is 22.3. The topological polar surface area (TPSA) is 104 Å². The van der Waals surface area contributed by atoms with Crippen LogP contribution in [0.5, 0.6) is 0 Å². The first-order chi connectivity index (χ1) is 17.4. The summed E-state index contributed by atoms with van der Waals surface area (Å²) in [5.74, 6) is 0.977. The van der Waals surface area contributed by atoms with Crippen molar-refractivity contribution in [3.05, 3.63) is 36.4 Å². The van der Waals surface area contributed by atoms with Crippen LogP contribution in [0.25, 0.3) is 0 Å². The van der Waals surface area contributed by atoms with Gasteiger partial charge in [0.1, 0.15) is 5.78 Å². The number of benzene rings is 1. The van der Waals surface area contributed by atoms with E-state index >= 15 is 0 Å². The monoisotopic (exact) mass is 526 g/mol. The van der Waals surface area contributed by atoms with Crippen LogP contribution in [0.2, 0.25) is 0 Å². The van der Waals surface area contributed by atoms with Crippen molar-refractivity contribution in [2.45, 2.75) is 77.4 Å². The van der Waals surface area contributed by atoms with Gasteiger partial charge in [-0.25, -0.2) is 0 Å². The van der Waals surface area contributed by atoms with Crippen LogP contribution in [-0.2, 0) is 20.9 Å². The van der Waals surface area contributed by atoms with Gasteiger partial charge in [-0.05, 0) is 77.4 Å². The molecule has 2 bridgehead atoms. The molecule has 4 unspecified atom stereocenters. The summed E-state index contributed by atoms with van der Waals surface area (Å²) < 4.78 is 5.03. The molecule has 1 heterocycles. The van der Waals surface area contributed by atoms with E-state index in [0.717, 1.165) is 48.0 Å². The molecule has 4 aliphatic carbocycles. The van der Waals surface area contributed by atoms with Crippen LogP contribution in [0.1, 0.15) is 65.4 Å². The number of aliphatic hydroxyl groups is 1. The van der Waals surface area contributed by atoms with Crippen LogP contribution in [0, 0.1) is 39.4 Å². The summed E-state index contributed by atoms with van der Waals surface area (Å²) in [6, 6.07) is 5.48. The van der Waals surface area contributed by atoms with Gasteiger partial charge in [-0.3, -0.25) is 9.59 Å². The normalized spacial score (nSPS) is 43.1. The van der Waals surface area contributed by atoms with Gasteiger partial charge in [0.15, 0.2) is 0 Å². The van der Waals surface area contributed by atoms with Gasteiger partial charge in [0.25, 0.3) is 0 Å². The second-order valence-electron chi connectivity index (χ2n) is 12.7. The molecule has 8 atom stereocenters. The Morgan fingerprint density at radius 1 is 1.27 bits per heavy atom. The molecule has 0 saturated heterocycles. The van der Waals surface area contributed by atoms with Crippen LogP contribution >= 0.6 is 11.8 Å². The van der Waals surface area contributed by atoms with Gasteiger partial charge in [-0.15, -0.1) is 18.3 Å². The van der Waals surface area contributed by atoms with Crippen LogP contribution in [-0.4, -0.2) is 46.0 Å². The zero-order valence-corrected chi connectivity index (χ0v) is 23.1. The van der Waals surface area contributed by atoms with Gasteiger partial charge in [-0.1, -0.05) is 39.8 Å². The van der Waals surface area contributed by atoms with Crippen molar-refractivity contribution < 1.29 is 29.5 Å². The van der Waals surface area contributed by atoms with E-state index in [4.69, 9.17) is 9.76 Å². The molecular weight excluding hydrogens is 487 g/mol. The second kappa shape index (κ2) is 8.97. The van der Waals surface area contributed by atoms with E-state index in [1.54, 1.807) is 6.07 Å². The molecule has 6 rings (SSSR count). The number of carbonyl (C=O) groups excluding carboxylic acids is 1. The van der Waals surface area contributed by atoms with E-state index in [-0.39, 0.29) is 39.4 Å². The molecule has 0 radical (unpaired) electrons. The lowest BCUT2D eigenvalue weighted by molar-refractivity contribution is -0.359. The summed E-state index contributed by atoms with van der Waals surface area (Å²) in [5.41, 5.74) is 1.94. The smallest absolute Gasteiger partial charge is 0.481 e. The molecule has 6 nitrogen and oxygen atoms in total. The van der Waals surface area contributed by atoms with Crippen molar-refractivity contribution in [2.24, 2.45) is 39.4 Å². The SMILES string of the molecule is C=C[C@]1(C)CC[C@@]2(C)C3C4(CCC(=O)C3(C4)[C@H]2C)[C@@H](C)C1O.O=C(O)CSc1ccc2c(c1)B(O)OC2. The van der Waals surface area contributed by atoms with Crippen molar-refractivity contribution in [1.82, 2.24) is 0 Å². The maximum absolute atomic E-state index is 12.7. The Morgan fingerprint density at radius 2 is 2.00 bits per heavy atom. The fourth-order valence-corrected chi connectivity index (χ4v) is 9.73. The van der Waals surface area contributed by atoms with Crippen molar-refractivity contribution in [3.63, 3.8) is 0 Å². The summed E-state index contributed by atoms with van der Waals surface area (Å²) in [6.45, 7) is 13.6.